The van der Waals surface area contributed by atoms with Gasteiger partial charge in [0, 0.05) is 9.65 Å². The summed E-state index contributed by atoms with van der Waals surface area (Å²) in [6.07, 6.45) is 0.953. The smallest absolute Gasteiger partial charge is 0.238 e. The number of hydrogen-bond donors (Lipinski definition) is 0. The van der Waals surface area contributed by atoms with Gasteiger partial charge in [-0.1, -0.05) is 31.9 Å². The van der Waals surface area contributed by atoms with Gasteiger partial charge in [0.15, 0.2) is 0 Å². The van der Waals surface area contributed by atoms with Crippen molar-refractivity contribution in [3.8, 4) is 5.75 Å². The second-order valence-electron chi connectivity index (χ2n) is 6.21. The number of amides is 2. The third kappa shape index (κ3) is 1.80. The second-order valence-corrected chi connectivity index (χ2v) is 8.33. The molecule has 22 heavy (non-hydrogen) atoms. The molecule has 0 spiro atoms. The van der Waals surface area contributed by atoms with Crippen LogP contribution in [0.3, 0.4) is 0 Å². The molecule has 6 heteroatoms. The molecule has 4 nitrogen and oxygen atoms in total. The first-order valence-electron chi connectivity index (χ1n) is 7.34. The highest BCUT2D eigenvalue weighted by Crippen LogP contribution is 2.60. The highest BCUT2D eigenvalue weighted by molar-refractivity contribution is 9.12. The molecule has 3 aliphatic rings. The summed E-state index contributed by atoms with van der Waals surface area (Å²) in [4.78, 5) is 27.6. The van der Waals surface area contributed by atoms with Crippen LogP contribution in [0.25, 0.3) is 0 Å². The molecule has 1 aliphatic heterocycles. The summed E-state index contributed by atoms with van der Waals surface area (Å²) in [7, 11) is 1.59. The van der Waals surface area contributed by atoms with Gasteiger partial charge in [-0.15, -0.1) is 0 Å². The molecule has 1 aromatic carbocycles. The van der Waals surface area contributed by atoms with Crippen LogP contribution in [0, 0.1) is 23.7 Å². The standard InChI is InChI=1S/C16H15Br2NO3/c1-22-8-4-2-7(3-5-8)19-15(20)11-9-6-10(12(11)16(19)21)14(18)13(9)17/h2-5,9-14H,6H2,1H3/t9-,10-,11-,12+,13-,14-/m1/s1. The number of rotatable bonds is 2. The molecular formula is C16H15Br2NO3. The lowest BCUT2D eigenvalue weighted by molar-refractivity contribution is -0.123. The summed E-state index contributed by atoms with van der Waals surface area (Å²) in [6, 6.07) is 7.10. The van der Waals surface area contributed by atoms with Gasteiger partial charge >= 0.3 is 0 Å². The summed E-state index contributed by atoms with van der Waals surface area (Å²) < 4.78 is 5.13. The minimum atomic E-state index is -0.169. The van der Waals surface area contributed by atoms with Crippen LogP contribution in [0.1, 0.15) is 6.42 Å². The zero-order valence-corrected chi connectivity index (χ0v) is 15.1. The number of imide groups is 1. The van der Waals surface area contributed by atoms with Gasteiger partial charge in [0.25, 0.3) is 0 Å². The molecule has 6 atom stereocenters. The SMILES string of the molecule is COc1ccc(N2C(=O)[C@@H]3[C@H]4C[C@@H]([C@@H](Br)[C@@H]4Br)[C@@H]3C2=O)cc1. The predicted molar refractivity (Wildman–Crippen MR) is 89.5 cm³/mol. The van der Waals surface area contributed by atoms with E-state index in [1.54, 1.807) is 31.4 Å². The van der Waals surface area contributed by atoms with Gasteiger partial charge in [-0.2, -0.15) is 0 Å². The topological polar surface area (TPSA) is 46.6 Å². The first-order valence-corrected chi connectivity index (χ1v) is 9.17. The summed E-state index contributed by atoms with van der Waals surface area (Å²) in [5.74, 6) is 0.783. The fraction of sp³-hybridized carbons (Fsp3) is 0.500. The van der Waals surface area contributed by atoms with Gasteiger partial charge in [0.05, 0.1) is 24.6 Å². The van der Waals surface area contributed by atoms with E-state index < -0.39 is 0 Å². The lowest BCUT2D eigenvalue weighted by atomic mass is 9.81. The fourth-order valence-corrected chi connectivity index (χ4v) is 6.21. The molecular weight excluding hydrogens is 414 g/mol. The Bertz CT molecular complexity index is 615. The summed E-state index contributed by atoms with van der Waals surface area (Å²) in [5, 5.41) is 0. The van der Waals surface area contributed by atoms with Gasteiger partial charge in [0.2, 0.25) is 11.8 Å². The number of nitrogens with zero attached hydrogens (tertiary/aromatic N) is 1. The maximum absolute atomic E-state index is 12.8. The molecule has 1 aromatic rings. The molecule has 0 unspecified atom stereocenters. The molecule has 0 N–H and O–H groups in total. The summed E-state index contributed by atoms with van der Waals surface area (Å²) in [5.41, 5.74) is 0.641. The minimum absolute atomic E-state index is 0.0449. The number of alkyl halides is 2. The summed E-state index contributed by atoms with van der Waals surface area (Å²) >= 11 is 7.39. The van der Waals surface area contributed by atoms with Crippen molar-refractivity contribution in [2.45, 2.75) is 16.1 Å². The van der Waals surface area contributed by atoms with E-state index in [0.717, 1.165) is 6.42 Å². The molecule has 3 fully saturated rings. The van der Waals surface area contributed by atoms with Crippen LogP contribution in [0.15, 0.2) is 24.3 Å². The van der Waals surface area contributed by atoms with Gasteiger partial charge in [-0.05, 0) is 42.5 Å². The predicted octanol–water partition coefficient (Wildman–Crippen LogP) is 2.98. The molecule has 2 amide bonds. The Labute approximate surface area is 145 Å². The van der Waals surface area contributed by atoms with Crippen molar-refractivity contribution in [1.82, 2.24) is 0 Å². The Morgan fingerprint density at radius 1 is 1.00 bits per heavy atom. The maximum atomic E-state index is 12.8. The third-order valence-electron chi connectivity index (χ3n) is 5.32. The van der Waals surface area contributed by atoms with Gasteiger partial charge < -0.3 is 4.74 Å². The van der Waals surface area contributed by atoms with E-state index in [1.807, 2.05) is 0 Å². The van der Waals surface area contributed by atoms with Crippen molar-refractivity contribution >= 4 is 49.4 Å². The van der Waals surface area contributed by atoms with Gasteiger partial charge in [-0.25, -0.2) is 0 Å². The van der Waals surface area contributed by atoms with E-state index in [1.165, 1.54) is 4.90 Å². The Balaban J connectivity index is 1.69. The van der Waals surface area contributed by atoms with Crippen molar-refractivity contribution in [2.75, 3.05) is 12.0 Å². The van der Waals surface area contributed by atoms with Crippen molar-refractivity contribution < 1.29 is 14.3 Å². The van der Waals surface area contributed by atoms with Crippen LogP contribution in [-0.2, 0) is 9.59 Å². The van der Waals surface area contributed by atoms with Crippen LogP contribution in [0.5, 0.6) is 5.75 Å². The van der Waals surface area contributed by atoms with E-state index in [9.17, 15) is 9.59 Å². The van der Waals surface area contributed by atoms with Crippen LogP contribution < -0.4 is 9.64 Å². The number of anilines is 1. The zero-order valence-electron chi connectivity index (χ0n) is 11.9. The molecule has 2 aliphatic carbocycles. The highest BCUT2D eigenvalue weighted by Gasteiger charge is 2.66. The number of fused-ring (bicyclic) bond motifs is 5. The number of ether oxygens (including phenoxy) is 1. The van der Waals surface area contributed by atoms with Crippen LogP contribution in [-0.4, -0.2) is 28.6 Å². The average molecular weight is 429 g/mol. The van der Waals surface area contributed by atoms with Crippen molar-refractivity contribution in [1.29, 1.82) is 0 Å². The Hall–Kier alpha value is -0.880. The lowest BCUT2D eigenvalue weighted by Gasteiger charge is -2.28. The lowest BCUT2D eigenvalue weighted by Crippen LogP contribution is -2.37. The quantitative estimate of drug-likeness (QED) is 0.537. The number of methoxy groups -OCH3 is 1. The normalized spacial score (nSPS) is 39.5. The number of carbonyl (C=O) groups is 2. The third-order valence-corrected chi connectivity index (χ3v) is 8.52. The second kappa shape index (κ2) is 5.06. The van der Waals surface area contributed by atoms with Gasteiger partial charge in [-0.3, -0.25) is 14.5 Å². The van der Waals surface area contributed by atoms with E-state index in [2.05, 4.69) is 31.9 Å². The van der Waals surface area contributed by atoms with E-state index >= 15 is 0 Å². The maximum Gasteiger partial charge on any atom is 0.238 e. The minimum Gasteiger partial charge on any atom is -0.497 e. The Morgan fingerprint density at radius 3 is 1.95 bits per heavy atom. The van der Waals surface area contributed by atoms with Crippen molar-refractivity contribution in [3.63, 3.8) is 0 Å². The van der Waals surface area contributed by atoms with Crippen molar-refractivity contribution in [3.05, 3.63) is 24.3 Å². The van der Waals surface area contributed by atoms with E-state index in [0.29, 0.717) is 11.4 Å². The summed E-state index contributed by atoms with van der Waals surface area (Å²) in [6.45, 7) is 0. The number of hydrogen-bond acceptors (Lipinski definition) is 3. The van der Waals surface area contributed by atoms with Crippen molar-refractivity contribution in [2.24, 2.45) is 23.7 Å². The number of carbonyl (C=O) groups excluding carboxylic acids is 2. The van der Waals surface area contributed by atoms with Crippen LogP contribution in [0.4, 0.5) is 5.69 Å². The van der Waals surface area contributed by atoms with Gasteiger partial charge in [0.1, 0.15) is 5.75 Å². The van der Waals surface area contributed by atoms with Crippen LogP contribution in [0.2, 0.25) is 0 Å². The Morgan fingerprint density at radius 2 is 1.50 bits per heavy atom. The molecule has 1 saturated heterocycles. The molecule has 2 saturated carbocycles. The molecule has 0 radical (unpaired) electrons. The fourth-order valence-electron chi connectivity index (χ4n) is 4.33. The van der Waals surface area contributed by atoms with E-state index in [-0.39, 0.29) is 45.1 Å². The molecule has 116 valence electrons. The highest BCUT2D eigenvalue weighted by atomic mass is 79.9. The molecule has 4 rings (SSSR count). The largest absolute Gasteiger partial charge is 0.497 e. The van der Waals surface area contributed by atoms with E-state index in [4.69, 9.17) is 4.74 Å². The molecule has 2 bridgehead atoms. The zero-order chi connectivity index (χ0) is 15.6. The van der Waals surface area contributed by atoms with Crippen LogP contribution >= 0.6 is 31.9 Å². The average Bonchev–Trinajstić information content (AvgIpc) is 3.13. The number of halogens is 2. The first kappa shape index (κ1) is 14.7. The molecule has 0 aromatic heterocycles. The molecule has 1 heterocycles. The Kier molecular flexibility index (Phi) is 3.38. The first-order chi connectivity index (χ1) is 10.5. The monoisotopic (exact) mass is 427 g/mol. The number of benzene rings is 1.